The summed E-state index contributed by atoms with van der Waals surface area (Å²) >= 11 is 0. The molecule has 0 unspecified atom stereocenters. The zero-order valence-electron chi connectivity index (χ0n) is 13.1. The molecule has 1 aliphatic heterocycles. The maximum absolute atomic E-state index is 5.16. The summed E-state index contributed by atoms with van der Waals surface area (Å²) < 4.78 is 5.16. The molecule has 0 spiro atoms. The van der Waals surface area contributed by atoms with E-state index < -0.39 is 0 Å². The topological polar surface area (TPSA) is 50.3 Å². The van der Waals surface area contributed by atoms with E-state index in [4.69, 9.17) is 4.74 Å². The summed E-state index contributed by atoms with van der Waals surface area (Å²) in [7, 11) is 3.55. The van der Waals surface area contributed by atoms with Gasteiger partial charge in [0.05, 0.1) is 0 Å². The van der Waals surface area contributed by atoms with Crippen LogP contribution >= 0.6 is 0 Å². The molecule has 0 saturated carbocycles. The average Bonchev–Trinajstić information content (AvgIpc) is 2.92. The number of rotatable bonds is 6. The second-order valence-electron chi connectivity index (χ2n) is 5.59. The fraction of sp³-hybridized carbons (Fsp3) is 0.733. The minimum absolute atomic E-state index is 0.447. The van der Waals surface area contributed by atoms with Crippen LogP contribution in [0.1, 0.15) is 38.9 Å². The highest BCUT2D eigenvalue weighted by Crippen LogP contribution is 2.38. The molecule has 1 saturated heterocycles. The summed E-state index contributed by atoms with van der Waals surface area (Å²) in [6.07, 6.45) is 3.71. The van der Waals surface area contributed by atoms with Gasteiger partial charge in [-0.25, -0.2) is 9.97 Å². The van der Waals surface area contributed by atoms with Gasteiger partial charge in [0.25, 0.3) is 0 Å². The SMILES string of the molecule is CCC1(CC)CCN(c2cc(NC)nc(COC)n2)C1. The molecule has 1 N–H and O–H groups in total. The Morgan fingerprint density at radius 1 is 1.35 bits per heavy atom. The Balaban J connectivity index is 2.22. The van der Waals surface area contributed by atoms with Crippen LogP contribution < -0.4 is 10.2 Å². The van der Waals surface area contributed by atoms with Gasteiger partial charge >= 0.3 is 0 Å². The van der Waals surface area contributed by atoms with Crippen molar-refractivity contribution in [3.05, 3.63) is 11.9 Å². The van der Waals surface area contributed by atoms with Crippen molar-refractivity contribution in [3.8, 4) is 0 Å². The lowest BCUT2D eigenvalue weighted by atomic mass is 9.82. The van der Waals surface area contributed by atoms with Gasteiger partial charge in [-0.05, 0) is 24.7 Å². The Bertz CT molecular complexity index is 445. The van der Waals surface area contributed by atoms with Crippen molar-refractivity contribution >= 4 is 11.6 Å². The quantitative estimate of drug-likeness (QED) is 0.867. The molecule has 1 aromatic heterocycles. The monoisotopic (exact) mass is 278 g/mol. The highest BCUT2D eigenvalue weighted by atomic mass is 16.5. The summed E-state index contributed by atoms with van der Waals surface area (Å²) in [6, 6.07) is 2.03. The van der Waals surface area contributed by atoms with Crippen molar-refractivity contribution in [1.82, 2.24) is 9.97 Å². The molecule has 5 nitrogen and oxygen atoms in total. The van der Waals surface area contributed by atoms with Crippen molar-refractivity contribution in [2.45, 2.75) is 39.7 Å². The normalized spacial score (nSPS) is 17.5. The van der Waals surface area contributed by atoms with Gasteiger partial charge in [-0.1, -0.05) is 13.8 Å². The summed E-state index contributed by atoms with van der Waals surface area (Å²) in [5, 5.41) is 3.10. The van der Waals surface area contributed by atoms with E-state index in [2.05, 4.69) is 34.0 Å². The number of nitrogens with zero attached hydrogens (tertiary/aromatic N) is 3. The molecule has 2 heterocycles. The number of nitrogens with one attached hydrogen (secondary N) is 1. The predicted octanol–water partition coefficient (Wildman–Crippen LogP) is 2.68. The Kier molecular flexibility index (Phi) is 4.81. The maximum atomic E-state index is 5.16. The second kappa shape index (κ2) is 6.39. The first kappa shape index (κ1) is 15.0. The molecule has 1 fully saturated rings. The molecule has 0 aromatic carbocycles. The number of hydrogen-bond acceptors (Lipinski definition) is 5. The van der Waals surface area contributed by atoms with Gasteiger partial charge in [0.15, 0.2) is 5.82 Å². The van der Waals surface area contributed by atoms with Crippen molar-refractivity contribution in [2.75, 3.05) is 37.5 Å². The zero-order valence-corrected chi connectivity index (χ0v) is 13.1. The van der Waals surface area contributed by atoms with Crippen LogP contribution in [-0.2, 0) is 11.3 Å². The van der Waals surface area contributed by atoms with Crippen LogP contribution in [-0.4, -0.2) is 37.2 Å². The van der Waals surface area contributed by atoms with E-state index in [0.717, 1.165) is 30.5 Å². The third kappa shape index (κ3) is 3.03. The van der Waals surface area contributed by atoms with Crippen LogP contribution in [0, 0.1) is 5.41 Å². The van der Waals surface area contributed by atoms with Crippen LogP contribution in [0.15, 0.2) is 6.07 Å². The van der Waals surface area contributed by atoms with Gasteiger partial charge in [0.2, 0.25) is 0 Å². The van der Waals surface area contributed by atoms with Gasteiger partial charge in [-0.3, -0.25) is 0 Å². The Morgan fingerprint density at radius 2 is 2.10 bits per heavy atom. The third-order valence-electron chi connectivity index (χ3n) is 4.55. The number of ether oxygens (including phenoxy) is 1. The van der Waals surface area contributed by atoms with E-state index >= 15 is 0 Å². The van der Waals surface area contributed by atoms with Crippen LogP contribution in [0.25, 0.3) is 0 Å². The van der Waals surface area contributed by atoms with Crippen molar-refractivity contribution < 1.29 is 4.74 Å². The zero-order chi connectivity index (χ0) is 14.6. The first-order valence-corrected chi connectivity index (χ1v) is 7.46. The number of anilines is 2. The molecule has 20 heavy (non-hydrogen) atoms. The van der Waals surface area contributed by atoms with Crippen LogP contribution in [0.4, 0.5) is 11.6 Å². The summed E-state index contributed by atoms with van der Waals surface area (Å²) in [5.74, 6) is 2.60. The summed E-state index contributed by atoms with van der Waals surface area (Å²) in [5.41, 5.74) is 0.451. The molecule has 0 atom stereocenters. The Hall–Kier alpha value is -1.36. The van der Waals surface area contributed by atoms with Gasteiger partial charge in [-0.15, -0.1) is 0 Å². The fourth-order valence-electron chi connectivity index (χ4n) is 2.92. The minimum Gasteiger partial charge on any atom is -0.377 e. The Labute approximate surface area is 121 Å². The standard InChI is InChI=1S/C15H26N4O/c1-5-15(6-2)7-8-19(11-15)14-9-12(16-3)17-13(18-14)10-20-4/h9H,5-8,10-11H2,1-4H3,(H,16,17,18). The molecule has 1 aromatic rings. The van der Waals surface area contributed by atoms with Gasteiger partial charge in [-0.2, -0.15) is 0 Å². The van der Waals surface area contributed by atoms with Gasteiger partial charge in [0, 0.05) is 33.3 Å². The second-order valence-corrected chi connectivity index (χ2v) is 5.59. The predicted molar refractivity (Wildman–Crippen MR) is 82.1 cm³/mol. The van der Waals surface area contributed by atoms with Crippen molar-refractivity contribution in [3.63, 3.8) is 0 Å². The van der Waals surface area contributed by atoms with Gasteiger partial charge in [0.1, 0.15) is 18.2 Å². The molecular weight excluding hydrogens is 252 g/mol. The Morgan fingerprint density at radius 3 is 2.65 bits per heavy atom. The highest BCUT2D eigenvalue weighted by Gasteiger charge is 2.35. The van der Waals surface area contributed by atoms with E-state index in [0.29, 0.717) is 12.0 Å². The van der Waals surface area contributed by atoms with Gasteiger partial charge < -0.3 is 15.0 Å². The molecule has 0 radical (unpaired) electrons. The molecule has 112 valence electrons. The number of aromatic nitrogens is 2. The molecule has 0 bridgehead atoms. The maximum Gasteiger partial charge on any atom is 0.158 e. The fourth-order valence-corrected chi connectivity index (χ4v) is 2.92. The van der Waals surface area contributed by atoms with E-state index in [1.165, 1.54) is 19.3 Å². The van der Waals surface area contributed by atoms with Crippen LogP contribution in [0.3, 0.4) is 0 Å². The molecule has 2 rings (SSSR count). The summed E-state index contributed by atoms with van der Waals surface area (Å²) in [6.45, 7) is 7.20. The smallest absolute Gasteiger partial charge is 0.158 e. The van der Waals surface area contributed by atoms with E-state index in [1.54, 1.807) is 7.11 Å². The van der Waals surface area contributed by atoms with Crippen LogP contribution in [0.5, 0.6) is 0 Å². The van der Waals surface area contributed by atoms with Crippen molar-refractivity contribution in [1.29, 1.82) is 0 Å². The number of hydrogen-bond donors (Lipinski definition) is 1. The molecule has 5 heteroatoms. The van der Waals surface area contributed by atoms with E-state index in [-0.39, 0.29) is 0 Å². The minimum atomic E-state index is 0.447. The highest BCUT2D eigenvalue weighted by molar-refractivity contribution is 5.50. The van der Waals surface area contributed by atoms with E-state index in [9.17, 15) is 0 Å². The molecular formula is C15H26N4O. The largest absolute Gasteiger partial charge is 0.377 e. The van der Waals surface area contributed by atoms with Crippen molar-refractivity contribution in [2.24, 2.45) is 5.41 Å². The average molecular weight is 278 g/mol. The molecule has 0 aliphatic carbocycles. The first-order valence-electron chi connectivity index (χ1n) is 7.46. The summed E-state index contributed by atoms with van der Waals surface area (Å²) in [4.78, 5) is 11.4. The molecule has 1 aliphatic rings. The lowest BCUT2D eigenvalue weighted by Crippen LogP contribution is -2.27. The van der Waals surface area contributed by atoms with Crippen LogP contribution in [0.2, 0.25) is 0 Å². The van der Waals surface area contributed by atoms with E-state index in [1.807, 2.05) is 13.1 Å². The lowest BCUT2D eigenvalue weighted by Gasteiger charge is -2.27. The lowest BCUT2D eigenvalue weighted by molar-refractivity contribution is 0.178. The first-order chi connectivity index (χ1) is 9.66. The number of methoxy groups -OCH3 is 1. The third-order valence-corrected chi connectivity index (χ3v) is 4.55. The molecule has 0 amide bonds.